The van der Waals surface area contributed by atoms with Gasteiger partial charge in [0.25, 0.3) is 5.91 Å². The first-order valence-corrected chi connectivity index (χ1v) is 5.79. The Morgan fingerprint density at radius 2 is 2.53 bits per heavy atom. The number of nitrogens with two attached hydrogens (primary N) is 1. The van der Waals surface area contributed by atoms with E-state index in [2.05, 4.69) is 15.2 Å². The van der Waals surface area contributed by atoms with Gasteiger partial charge in [-0.3, -0.25) is 9.89 Å². The van der Waals surface area contributed by atoms with Gasteiger partial charge in [-0.2, -0.15) is 4.98 Å². The number of amides is 1. The largest absolute Gasteiger partial charge is 0.377 e. The van der Waals surface area contributed by atoms with Crippen molar-refractivity contribution in [1.29, 1.82) is 0 Å². The summed E-state index contributed by atoms with van der Waals surface area (Å²) < 4.78 is 5.54. The van der Waals surface area contributed by atoms with Crippen molar-refractivity contribution in [2.75, 3.05) is 25.4 Å². The molecule has 0 spiro atoms. The summed E-state index contributed by atoms with van der Waals surface area (Å²) in [6.45, 7) is 3.95. The first kappa shape index (κ1) is 11.8. The van der Waals surface area contributed by atoms with Crippen LogP contribution >= 0.6 is 0 Å². The number of nitrogen functional groups attached to an aromatic ring is 1. The number of aromatic amines is 1. The molecule has 7 nitrogen and oxygen atoms in total. The van der Waals surface area contributed by atoms with Crippen LogP contribution in [0.1, 0.15) is 30.4 Å². The lowest BCUT2D eigenvalue weighted by Gasteiger charge is -2.31. The Morgan fingerprint density at radius 3 is 3.18 bits per heavy atom. The highest BCUT2D eigenvalue weighted by atomic mass is 16.5. The quantitative estimate of drug-likeness (QED) is 0.775. The topological polar surface area (TPSA) is 97.1 Å². The van der Waals surface area contributed by atoms with Gasteiger partial charge in [0.05, 0.1) is 6.10 Å². The van der Waals surface area contributed by atoms with Crippen molar-refractivity contribution < 1.29 is 9.53 Å². The lowest BCUT2D eigenvalue weighted by Crippen LogP contribution is -2.43. The molecule has 0 aliphatic carbocycles. The highest BCUT2D eigenvalue weighted by Crippen LogP contribution is 2.14. The SMILES string of the molecule is CCOC1CCCN(C(=O)c2nc(N)n[nH]2)C1. The van der Waals surface area contributed by atoms with Gasteiger partial charge < -0.3 is 15.4 Å². The normalized spacial score (nSPS) is 20.5. The Bertz CT molecular complexity index is 390. The third-order valence-electron chi connectivity index (χ3n) is 2.77. The Labute approximate surface area is 99.3 Å². The van der Waals surface area contributed by atoms with Crippen molar-refractivity contribution in [1.82, 2.24) is 20.1 Å². The number of H-pyrrole nitrogens is 1. The van der Waals surface area contributed by atoms with Crippen molar-refractivity contribution in [3.05, 3.63) is 5.82 Å². The second kappa shape index (κ2) is 5.13. The molecule has 1 saturated heterocycles. The Kier molecular flexibility index (Phi) is 3.58. The van der Waals surface area contributed by atoms with Crippen LogP contribution in [0.15, 0.2) is 0 Å². The van der Waals surface area contributed by atoms with Crippen LogP contribution in [-0.2, 0) is 4.74 Å². The van der Waals surface area contributed by atoms with E-state index in [1.807, 2.05) is 6.92 Å². The summed E-state index contributed by atoms with van der Waals surface area (Å²) in [5.41, 5.74) is 5.37. The molecule has 0 bridgehead atoms. The zero-order valence-electron chi connectivity index (χ0n) is 9.85. The van der Waals surface area contributed by atoms with Gasteiger partial charge in [0.2, 0.25) is 11.8 Å². The van der Waals surface area contributed by atoms with E-state index in [1.165, 1.54) is 0 Å². The van der Waals surface area contributed by atoms with Gasteiger partial charge in [0.1, 0.15) is 0 Å². The standard InChI is InChI=1S/C10H17N5O2/c1-2-17-7-4-3-5-15(6-7)9(16)8-12-10(11)14-13-8/h7H,2-6H2,1H3,(H3,11,12,13,14). The predicted molar refractivity (Wildman–Crippen MR) is 61.3 cm³/mol. The van der Waals surface area contributed by atoms with Crippen LogP contribution in [0.3, 0.4) is 0 Å². The van der Waals surface area contributed by atoms with Gasteiger partial charge in [0, 0.05) is 19.7 Å². The summed E-state index contributed by atoms with van der Waals surface area (Å²) in [5, 5.41) is 6.18. The molecule has 1 fully saturated rings. The Balaban J connectivity index is 1.99. The van der Waals surface area contributed by atoms with Gasteiger partial charge in [-0.25, -0.2) is 0 Å². The highest BCUT2D eigenvalue weighted by molar-refractivity contribution is 5.90. The van der Waals surface area contributed by atoms with Gasteiger partial charge in [-0.05, 0) is 19.8 Å². The Morgan fingerprint density at radius 1 is 1.71 bits per heavy atom. The van der Waals surface area contributed by atoms with Crippen LogP contribution in [0.5, 0.6) is 0 Å². The molecule has 1 aromatic rings. The fraction of sp³-hybridized carbons (Fsp3) is 0.700. The molecule has 94 valence electrons. The van der Waals surface area contributed by atoms with Crippen LogP contribution in [0.4, 0.5) is 5.95 Å². The zero-order chi connectivity index (χ0) is 12.3. The summed E-state index contributed by atoms with van der Waals surface area (Å²) >= 11 is 0. The smallest absolute Gasteiger partial charge is 0.291 e. The maximum atomic E-state index is 12.0. The van der Waals surface area contributed by atoms with Gasteiger partial charge in [-0.1, -0.05) is 0 Å². The minimum absolute atomic E-state index is 0.0896. The number of likely N-dealkylation sites (tertiary alicyclic amines) is 1. The number of rotatable bonds is 3. The van der Waals surface area contributed by atoms with Crippen molar-refractivity contribution in [3.63, 3.8) is 0 Å². The average molecular weight is 239 g/mol. The molecular formula is C10H17N5O2. The van der Waals surface area contributed by atoms with Crippen LogP contribution < -0.4 is 5.73 Å². The van der Waals surface area contributed by atoms with E-state index in [4.69, 9.17) is 10.5 Å². The highest BCUT2D eigenvalue weighted by Gasteiger charge is 2.26. The first-order valence-electron chi connectivity index (χ1n) is 5.79. The van der Waals surface area contributed by atoms with Gasteiger partial charge in [-0.15, -0.1) is 5.10 Å². The first-order chi connectivity index (χ1) is 8.20. The van der Waals surface area contributed by atoms with E-state index in [1.54, 1.807) is 4.90 Å². The van der Waals surface area contributed by atoms with E-state index in [0.29, 0.717) is 13.2 Å². The molecule has 2 rings (SSSR count). The number of nitrogens with zero attached hydrogens (tertiary/aromatic N) is 3. The van der Waals surface area contributed by atoms with Crippen molar-refractivity contribution in [2.45, 2.75) is 25.9 Å². The summed E-state index contributed by atoms with van der Waals surface area (Å²) in [7, 11) is 0. The average Bonchev–Trinajstić information content (AvgIpc) is 2.76. The lowest BCUT2D eigenvalue weighted by molar-refractivity contribution is 0.00682. The van der Waals surface area contributed by atoms with E-state index in [0.717, 1.165) is 19.4 Å². The minimum Gasteiger partial charge on any atom is -0.377 e. The monoisotopic (exact) mass is 239 g/mol. The van der Waals surface area contributed by atoms with Crippen molar-refractivity contribution >= 4 is 11.9 Å². The van der Waals surface area contributed by atoms with Crippen molar-refractivity contribution in [2.24, 2.45) is 0 Å². The molecule has 1 unspecified atom stereocenters. The molecule has 1 amide bonds. The number of hydrogen-bond donors (Lipinski definition) is 2. The number of piperidine rings is 1. The molecule has 3 N–H and O–H groups in total. The maximum absolute atomic E-state index is 12.0. The second-order valence-electron chi connectivity index (χ2n) is 4.01. The number of hydrogen-bond acceptors (Lipinski definition) is 5. The van der Waals surface area contributed by atoms with E-state index in [9.17, 15) is 4.79 Å². The molecule has 7 heteroatoms. The zero-order valence-corrected chi connectivity index (χ0v) is 9.85. The number of anilines is 1. The molecule has 1 atom stereocenters. The number of carbonyl (C=O) groups excluding carboxylic acids is 1. The molecule has 1 aliphatic rings. The molecule has 0 radical (unpaired) electrons. The van der Waals surface area contributed by atoms with Crippen LogP contribution in [-0.4, -0.2) is 51.8 Å². The van der Waals surface area contributed by atoms with Crippen LogP contribution in [0.25, 0.3) is 0 Å². The van der Waals surface area contributed by atoms with Crippen LogP contribution in [0.2, 0.25) is 0 Å². The summed E-state index contributed by atoms with van der Waals surface area (Å²) in [6, 6.07) is 0. The van der Waals surface area contributed by atoms with Crippen molar-refractivity contribution in [3.8, 4) is 0 Å². The lowest BCUT2D eigenvalue weighted by atomic mass is 10.1. The van der Waals surface area contributed by atoms with E-state index in [-0.39, 0.29) is 23.8 Å². The fourth-order valence-electron chi connectivity index (χ4n) is 2.01. The molecular weight excluding hydrogens is 222 g/mol. The molecule has 0 aromatic carbocycles. The van der Waals surface area contributed by atoms with Crippen LogP contribution in [0, 0.1) is 0 Å². The fourth-order valence-corrected chi connectivity index (χ4v) is 2.01. The minimum atomic E-state index is -0.168. The summed E-state index contributed by atoms with van der Waals surface area (Å²) in [4.78, 5) is 17.6. The number of nitrogens with one attached hydrogen (secondary N) is 1. The molecule has 0 saturated carbocycles. The maximum Gasteiger partial charge on any atom is 0.291 e. The third kappa shape index (κ3) is 2.73. The van der Waals surface area contributed by atoms with E-state index < -0.39 is 0 Å². The predicted octanol–water partition coefficient (Wildman–Crippen LogP) is 0.0280. The molecule has 2 heterocycles. The summed E-state index contributed by atoms with van der Waals surface area (Å²) in [6.07, 6.45) is 2.06. The molecule has 1 aromatic heterocycles. The van der Waals surface area contributed by atoms with Gasteiger partial charge >= 0.3 is 0 Å². The second-order valence-corrected chi connectivity index (χ2v) is 4.01. The Hall–Kier alpha value is -1.63. The third-order valence-corrected chi connectivity index (χ3v) is 2.77. The number of ether oxygens (including phenoxy) is 1. The van der Waals surface area contributed by atoms with E-state index >= 15 is 0 Å². The molecule has 1 aliphatic heterocycles. The number of carbonyl (C=O) groups is 1. The number of aromatic nitrogens is 3. The molecule has 17 heavy (non-hydrogen) atoms. The summed E-state index contributed by atoms with van der Waals surface area (Å²) in [5.74, 6) is 0.116. The van der Waals surface area contributed by atoms with Gasteiger partial charge in [0.15, 0.2) is 0 Å².